The Balaban J connectivity index is 1.53. The highest BCUT2D eigenvalue weighted by Gasteiger charge is 2.63. The highest BCUT2D eigenvalue weighted by molar-refractivity contribution is 6.37. The first-order valence-corrected chi connectivity index (χ1v) is 14.7. The molecule has 0 fully saturated rings. The molecule has 0 saturated carbocycles. The minimum absolute atomic E-state index is 0.0280. The van der Waals surface area contributed by atoms with Crippen LogP contribution in [-0.2, 0) is 10.3 Å². The van der Waals surface area contributed by atoms with Crippen molar-refractivity contribution in [3.05, 3.63) is 165 Å². The number of Topliss-reactive ketones (excluding diaryl/α,β-unsaturated/α-hetero) is 1. The Morgan fingerprint density at radius 2 is 1.40 bits per heavy atom. The lowest BCUT2D eigenvalue weighted by Crippen LogP contribution is -2.49. The fraction of sp³-hybridized carbons (Fsp3) is 0.0811. The molecule has 5 aromatic carbocycles. The Kier molecular flexibility index (Phi) is 6.89. The number of hydrogen-bond acceptors (Lipinski definition) is 4. The molecule has 7 rings (SSSR count). The Morgan fingerprint density at radius 3 is 2.07 bits per heavy atom. The maximum atomic E-state index is 15.3. The van der Waals surface area contributed by atoms with Crippen molar-refractivity contribution in [1.82, 2.24) is 0 Å². The number of ketones is 1. The summed E-state index contributed by atoms with van der Waals surface area (Å²) in [4.78, 5) is 15.3. The lowest BCUT2D eigenvalue weighted by Gasteiger charge is -2.38. The smallest absolute Gasteiger partial charge is 0.196 e. The number of anilines is 1. The van der Waals surface area contributed by atoms with Crippen molar-refractivity contribution in [2.75, 3.05) is 12.1 Å². The molecule has 1 aliphatic carbocycles. The molecule has 0 saturated heterocycles. The van der Waals surface area contributed by atoms with Crippen LogP contribution in [0.2, 0.25) is 10.0 Å². The predicted octanol–water partition coefficient (Wildman–Crippen LogP) is 9.03. The Labute approximate surface area is 260 Å². The molecule has 4 nitrogen and oxygen atoms in total. The third-order valence-electron chi connectivity index (χ3n) is 8.22. The van der Waals surface area contributed by atoms with Gasteiger partial charge in [-0.1, -0.05) is 89.9 Å². The van der Waals surface area contributed by atoms with Crippen molar-refractivity contribution in [2.45, 2.75) is 11.5 Å². The van der Waals surface area contributed by atoms with Crippen molar-refractivity contribution in [1.29, 1.82) is 0 Å². The first-order valence-electron chi connectivity index (χ1n) is 14.0. The number of carbonyl (C=O) groups is 1. The molecule has 2 atom stereocenters. The minimum Gasteiger partial charge on any atom is -0.497 e. The monoisotopic (exact) mass is 600 g/mol. The van der Waals surface area contributed by atoms with Crippen LogP contribution in [0.25, 0.3) is 11.6 Å². The second-order valence-corrected chi connectivity index (χ2v) is 11.5. The largest absolute Gasteiger partial charge is 0.497 e. The van der Waals surface area contributed by atoms with E-state index in [9.17, 15) is 0 Å². The van der Waals surface area contributed by atoms with Gasteiger partial charge in [-0.15, -0.1) is 0 Å². The number of para-hydroxylation sites is 1. The van der Waals surface area contributed by atoms with Gasteiger partial charge in [-0.3, -0.25) is 4.79 Å². The number of nitrogens with zero attached hydrogens (tertiary/aromatic N) is 2. The third-order valence-corrected chi connectivity index (χ3v) is 8.73. The van der Waals surface area contributed by atoms with Gasteiger partial charge in [-0.05, 0) is 94.6 Å². The summed E-state index contributed by atoms with van der Waals surface area (Å²) in [5, 5.41) is 8.51. The summed E-state index contributed by atoms with van der Waals surface area (Å²) in [5.74, 6) is 0.262. The second-order valence-electron chi connectivity index (χ2n) is 10.6. The van der Waals surface area contributed by atoms with E-state index < -0.39 is 11.5 Å². The molecule has 0 N–H and O–H groups in total. The van der Waals surface area contributed by atoms with E-state index in [0.29, 0.717) is 15.6 Å². The van der Waals surface area contributed by atoms with E-state index in [0.717, 1.165) is 45.0 Å². The highest BCUT2D eigenvalue weighted by Crippen LogP contribution is 2.58. The third kappa shape index (κ3) is 4.46. The van der Waals surface area contributed by atoms with Gasteiger partial charge in [0.1, 0.15) is 5.75 Å². The number of benzene rings is 5. The molecule has 0 aromatic heterocycles. The van der Waals surface area contributed by atoms with E-state index in [-0.39, 0.29) is 5.78 Å². The summed E-state index contributed by atoms with van der Waals surface area (Å²) < 4.78 is 5.45. The summed E-state index contributed by atoms with van der Waals surface area (Å²) in [6, 6.07) is 41.1. The molecular weight excluding hydrogens is 575 g/mol. The van der Waals surface area contributed by atoms with Gasteiger partial charge in [-0.2, -0.15) is 5.10 Å². The minimum atomic E-state index is -1.20. The lowest BCUT2D eigenvalue weighted by atomic mass is 9.71. The molecule has 0 bridgehead atoms. The number of rotatable bonds is 5. The Morgan fingerprint density at radius 1 is 0.767 bits per heavy atom. The highest BCUT2D eigenvalue weighted by atomic mass is 35.5. The zero-order valence-corrected chi connectivity index (χ0v) is 24.8. The van der Waals surface area contributed by atoms with Crippen LogP contribution < -0.4 is 9.75 Å². The van der Waals surface area contributed by atoms with Crippen molar-refractivity contribution in [3.8, 4) is 5.75 Å². The van der Waals surface area contributed by atoms with E-state index in [1.165, 1.54) is 0 Å². The van der Waals surface area contributed by atoms with E-state index in [1.807, 2.05) is 132 Å². The van der Waals surface area contributed by atoms with E-state index in [1.54, 1.807) is 7.11 Å². The van der Waals surface area contributed by atoms with E-state index in [4.69, 9.17) is 33.0 Å². The van der Waals surface area contributed by atoms with Gasteiger partial charge in [0.25, 0.3) is 0 Å². The first-order chi connectivity index (χ1) is 21.0. The summed E-state index contributed by atoms with van der Waals surface area (Å²) >= 11 is 12.6. The molecule has 1 aliphatic heterocycles. The van der Waals surface area contributed by atoms with Crippen molar-refractivity contribution >= 4 is 52.0 Å². The average molecular weight is 602 g/mol. The van der Waals surface area contributed by atoms with Crippen LogP contribution in [0, 0.1) is 0 Å². The van der Waals surface area contributed by atoms with E-state index in [2.05, 4.69) is 6.07 Å². The van der Waals surface area contributed by atoms with Crippen LogP contribution in [0.1, 0.15) is 33.7 Å². The van der Waals surface area contributed by atoms with Crippen molar-refractivity contribution in [2.24, 2.45) is 5.10 Å². The molecule has 5 aromatic rings. The zero-order chi connectivity index (χ0) is 29.6. The maximum Gasteiger partial charge on any atom is 0.196 e. The SMILES string of the molecule is COc1ccc(C2=NN(c3ccccc3)[C@]3(C(=O)/C(=C/c4ccc(Cl)cc4)c4ccccc43)[C@H]2c2ccc(Cl)cc2)cc1. The number of ether oxygens (including phenoxy) is 1. The molecular formula is C37H26Cl2N2O2. The number of hydrogen-bond donors (Lipinski definition) is 0. The van der Waals surface area contributed by atoms with Gasteiger partial charge in [0, 0.05) is 15.6 Å². The van der Waals surface area contributed by atoms with Crippen LogP contribution in [0.3, 0.4) is 0 Å². The fourth-order valence-corrected chi connectivity index (χ4v) is 6.55. The van der Waals surface area contributed by atoms with Crippen LogP contribution in [-0.4, -0.2) is 18.6 Å². The second kappa shape index (κ2) is 10.9. The van der Waals surface area contributed by atoms with E-state index >= 15 is 4.79 Å². The standard InChI is InChI=1S/C37H26Cl2N2O2/c1-43-30-21-15-26(16-22-30)35-34(25-13-19-28(39)20-14-25)37(41(40-35)29-7-3-2-4-8-29)33-10-6-5-9-31(33)32(36(37)42)23-24-11-17-27(38)18-12-24/h2-23,34H,1H3/b32-23+/t34-,37-/m0/s1. The van der Waals surface area contributed by atoms with Gasteiger partial charge in [-0.25, -0.2) is 5.01 Å². The summed E-state index contributed by atoms with van der Waals surface area (Å²) in [6.07, 6.45) is 1.96. The summed E-state index contributed by atoms with van der Waals surface area (Å²) in [5.41, 5.74) is 5.55. The number of hydrazone groups is 1. The van der Waals surface area contributed by atoms with Gasteiger partial charge >= 0.3 is 0 Å². The molecule has 0 radical (unpaired) electrons. The summed E-state index contributed by atoms with van der Waals surface area (Å²) in [6.45, 7) is 0. The number of methoxy groups -OCH3 is 1. The maximum absolute atomic E-state index is 15.3. The van der Waals surface area contributed by atoms with Crippen LogP contribution in [0.4, 0.5) is 5.69 Å². The molecule has 1 heterocycles. The Hall–Kier alpha value is -4.64. The molecule has 1 spiro atoms. The average Bonchev–Trinajstić information content (AvgIpc) is 3.53. The molecule has 0 amide bonds. The number of fused-ring (bicyclic) bond motifs is 2. The van der Waals surface area contributed by atoms with Crippen molar-refractivity contribution in [3.63, 3.8) is 0 Å². The predicted molar refractivity (Wildman–Crippen MR) is 175 cm³/mol. The number of carbonyl (C=O) groups excluding carboxylic acids is 1. The van der Waals surface area contributed by atoms with Crippen molar-refractivity contribution < 1.29 is 9.53 Å². The van der Waals surface area contributed by atoms with Gasteiger partial charge in [0.15, 0.2) is 11.3 Å². The van der Waals surface area contributed by atoms with Gasteiger partial charge in [0.2, 0.25) is 0 Å². The summed E-state index contributed by atoms with van der Waals surface area (Å²) in [7, 11) is 1.65. The van der Waals surface area contributed by atoms with Crippen LogP contribution >= 0.6 is 23.2 Å². The van der Waals surface area contributed by atoms with Gasteiger partial charge < -0.3 is 4.74 Å². The van der Waals surface area contributed by atoms with Gasteiger partial charge in [0.05, 0.1) is 24.4 Å². The molecule has 6 heteroatoms. The fourth-order valence-electron chi connectivity index (χ4n) is 6.30. The number of halogens is 2. The molecule has 0 unspecified atom stereocenters. The first kappa shape index (κ1) is 27.2. The zero-order valence-electron chi connectivity index (χ0n) is 23.2. The molecule has 210 valence electrons. The molecule has 43 heavy (non-hydrogen) atoms. The molecule has 2 aliphatic rings. The quantitative estimate of drug-likeness (QED) is 0.189. The van der Waals surface area contributed by atoms with Crippen LogP contribution in [0.5, 0.6) is 5.75 Å². The topological polar surface area (TPSA) is 41.9 Å². The normalized spacial score (nSPS) is 20.0. The van der Waals surface area contributed by atoms with Crippen LogP contribution in [0.15, 0.2) is 132 Å². The Bertz CT molecular complexity index is 1880. The lowest BCUT2D eigenvalue weighted by molar-refractivity contribution is -0.118.